The third-order valence-electron chi connectivity index (χ3n) is 8.53. The van der Waals surface area contributed by atoms with Crippen molar-refractivity contribution in [2.75, 3.05) is 46.9 Å². The molecule has 4 aliphatic rings. The number of carbonyl (C=O) groups excluding carboxylic acids is 3. The van der Waals surface area contributed by atoms with Gasteiger partial charge >= 0.3 is 6.03 Å². The number of nitrogens with zero attached hydrogens (tertiary/aromatic N) is 3. The number of ether oxygens (including phenoxy) is 2. The fourth-order valence-corrected chi connectivity index (χ4v) is 6.65. The molecule has 1 aromatic carbocycles. The highest BCUT2D eigenvalue weighted by atomic mass is 16.5. The number of carbonyl (C=O) groups is 3. The second-order valence-corrected chi connectivity index (χ2v) is 10.7. The van der Waals surface area contributed by atoms with Crippen LogP contribution in [-0.2, 0) is 16.1 Å². The SMILES string of the molecule is COc1ccc(OC)c(CNC(=O)C2CCN(C(=O)N3C[C@@H]4C[C@H](C3)[C@H]3CCCC(=O)N3C4)CC2)c1. The van der Waals surface area contributed by atoms with Gasteiger partial charge in [-0.25, -0.2) is 4.79 Å². The molecule has 1 aromatic rings. The molecule has 4 fully saturated rings. The number of nitrogens with one attached hydrogen (secondary N) is 1. The first kappa shape index (κ1) is 24.7. The summed E-state index contributed by atoms with van der Waals surface area (Å²) in [7, 11) is 3.22. The van der Waals surface area contributed by atoms with E-state index in [4.69, 9.17) is 9.47 Å². The van der Waals surface area contributed by atoms with Crippen LogP contribution in [0.15, 0.2) is 18.2 Å². The van der Waals surface area contributed by atoms with Crippen LogP contribution in [0.4, 0.5) is 4.79 Å². The standard InChI is InChI=1S/C27H38N4O5/c1-35-22-6-7-24(36-2)20(13-22)14-28-26(33)19-8-10-29(11-9-19)27(34)30-15-18-12-21(17-30)23-4-3-5-25(32)31(23)16-18/h6-7,13,18-19,21,23H,3-5,8-12,14-17H2,1-2H3,(H,28,33)/t18-,21+,23+/m0/s1. The molecule has 5 rings (SSSR count). The van der Waals surface area contributed by atoms with Gasteiger partial charge in [-0.2, -0.15) is 0 Å². The van der Waals surface area contributed by atoms with Gasteiger partial charge in [0.25, 0.3) is 0 Å². The van der Waals surface area contributed by atoms with Gasteiger partial charge in [-0.15, -0.1) is 0 Å². The molecule has 0 radical (unpaired) electrons. The van der Waals surface area contributed by atoms with E-state index in [0.29, 0.717) is 68.4 Å². The number of fused-ring (bicyclic) bond motifs is 4. The van der Waals surface area contributed by atoms with E-state index >= 15 is 0 Å². The quantitative estimate of drug-likeness (QED) is 0.674. The molecule has 0 aliphatic carbocycles. The summed E-state index contributed by atoms with van der Waals surface area (Å²) in [5.74, 6) is 2.41. The van der Waals surface area contributed by atoms with Crippen LogP contribution in [0.1, 0.15) is 44.1 Å². The molecular formula is C27H38N4O5. The van der Waals surface area contributed by atoms with Crippen molar-refractivity contribution in [3.05, 3.63) is 23.8 Å². The van der Waals surface area contributed by atoms with Crippen LogP contribution in [0, 0.1) is 17.8 Å². The average Bonchev–Trinajstić information content (AvgIpc) is 2.91. The Hall–Kier alpha value is -2.97. The van der Waals surface area contributed by atoms with Crippen molar-refractivity contribution in [2.45, 2.75) is 51.1 Å². The van der Waals surface area contributed by atoms with Gasteiger partial charge in [0.2, 0.25) is 11.8 Å². The Morgan fingerprint density at radius 3 is 2.58 bits per heavy atom. The highest BCUT2D eigenvalue weighted by Crippen LogP contribution is 2.38. The van der Waals surface area contributed by atoms with Gasteiger partial charge in [-0.3, -0.25) is 9.59 Å². The summed E-state index contributed by atoms with van der Waals surface area (Å²) in [4.78, 5) is 44.7. The summed E-state index contributed by atoms with van der Waals surface area (Å²) in [6, 6.07) is 5.94. The van der Waals surface area contributed by atoms with Crippen molar-refractivity contribution >= 4 is 17.8 Å². The summed E-state index contributed by atoms with van der Waals surface area (Å²) < 4.78 is 10.7. The number of hydrogen-bond donors (Lipinski definition) is 1. The van der Waals surface area contributed by atoms with E-state index in [9.17, 15) is 14.4 Å². The lowest BCUT2D eigenvalue weighted by molar-refractivity contribution is -0.144. The minimum absolute atomic E-state index is 0.0153. The van der Waals surface area contributed by atoms with Crippen LogP contribution in [0.2, 0.25) is 0 Å². The Morgan fingerprint density at radius 2 is 1.83 bits per heavy atom. The number of methoxy groups -OCH3 is 2. The fourth-order valence-electron chi connectivity index (χ4n) is 6.65. The predicted octanol–water partition coefficient (Wildman–Crippen LogP) is 2.48. The average molecular weight is 499 g/mol. The normalized spacial score (nSPS) is 26.3. The highest BCUT2D eigenvalue weighted by Gasteiger charge is 2.45. The summed E-state index contributed by atoms with van der Waals surface area (Å²) in [5, 5.41) is 3.04. The smallest absolute Gasteiger partial charge is 0.320 e. The van der Waals surface area contributed by atoms with E-state index in [0.717, 1.165) is 50.2 Å². The summed E-state index contributed by atoms with van der Waals surface area (Å²) in [6.07, 6.45) is 5.16. The van der Waals surface area contributed by atoms with Crippen LogP contribution in [0.5, 0.6) is 11.5 Å². The first-order chi connectivity index (χ1) is 17.5. The molecule has 0 unspecified atom stereocenters. The molecule has 196 valence electrons. The molecule has 36 heavy (non-hydrogen) atoms. The highest BCUT2D eigenvalue weighted by molar-refractivity contribution is 5.80. The maximum Gasteiger partial charge on any atom is 0.320 e. The lowest BCUT2D eigenvalue weighted by Gasteiger charge is -2.53. The van der Waals surface area contributed by atoms with Crippen LogP contribution < -0.4 is 14.8 Å². The molecule has 4 heterocycles. The van der Waals surface area contributed by atoms with E-state index in [1.54, 1.807) is 14.2 Å². The van der Waals surface area contributed by atoms with Crippen LogP contribution in [0.25, 0.3) is 0 Å². The second-order valence-electron chi connectivity index (χ2n) is 10.7. The zero-order valence-electron chi connectivity index (χ0n) is 21.4. The van der Waals surface area contributed by atoms with Crippen LogP contribution in [-0.4, -0.2) is 85.5 Å². The Kier molecular flexibility index (Phi) is 7.25. The maximum absolute atomic E-state index is 13.4. The topological polar surface area (TPSA) is 91.4 Å². The lowest BCUT2D eigenvalue weighted by Crippen LogP contribution is -2.62. The third-order valence-corrected chi connectivity index (χ3v) is 8.53. The minimum atomic E-state index is -0.104. The minimum Gasteiger partial charge on any atom is -0.497 e. The Bertz CT molecular complexity index is 992. The number of hydrogen-bond acceptors (Lipinski definition) is 5. The summed E-state index contributed by atoms with van der Waals surface area (Å²) in [5.41, 5.74) is 0.867. The number of likely N-dealkylation sites (tertiary alicyclic amines) is 2. The van der Waals surface area contributed by atoms with Gasteiger partial charge in [0.1, 0.15) is 11.5 Å². The lowest BCUT2D eigenvalue weighted by atomic mass is 9.76. The molecule has 9 nitrogen and oxygen atoms in total. The number of urea groups is 1. The number of piperidine rings is 4. The van der Waals surface area contributed by atoms with Gasteiger partial charge in [0.05, 0.1) is 14.2 Å². The van der Waals surface area contributed by atoms with Crippen molar-refractivity contribution < 1.29 is 23.9 Å². The van der Waals surface area contributed by atoms with E-state index in [2.05, 4.69) is 10.2 Å². The monoisotopic (exact) mass is 498 g/mol. The second kappa shape index (κ2) is 10.6. The number of benzene rings is 1. The molecule has 0 spiro atoms. The molecule has 4 saturated heterocycles. The maximum atomic E-state index is 13.4. The van der Waals surface area contributed by atoms with E-state index in [-0.39, 0.29) is 17.9 Å². The fraction of sp³-hybridized carbons (Fsp3) is 0.667. The number of rotatable bonds is 5. The van der Waals surface area contributed by atoms with Crippen molar-refractivity contribution in [3.8, 4) is 11.5 Å². The molecule has 0 saturated carbocycles. The molecule has 4 aliphatic heterocycles. The third kappa shape index (κ3) is 4.97. The molecular weight excluding hydrogens is 460 g/mol. The molecule has 4 amide bonds. The zero-order chi connectivity index (χ0) is 25.2. The van der Waals surface area contributed by atoms with Gasteiger partial charge in [0, 0.05) is 63.2 Å². The first-order valence-electron chi connectivity index (χ1n) is 13.3. The molecule has 3 atom stereocenters. The predicted molar refractivity (Wildman–Crippen MR) is 134 cm³/mol. The molecule has 1 N–H and O–H groups in total. The number of amides is 4. The Labute approximate surface area is 213 Å². The Balaban J connectivity index is 1.12. The molecule has 2 bridgehead atoms. The van der Waals surface area contributed by atoms with E-state index in [1.807, 2.05) is 28.0 Å². The van der Waals surface area contributed by atoms with Crippen LogP contribution in [0.3, 0.4) is 0 Å². The van der Waals surface area contributed by atoms with Crippen molar-refractivity contribution in [2.24, 2.45) is 17.8 Å². The summed E-state index contributed by atoms with van der Waals surface area (Å²) >= 11 is 0. The molecule has 0 aromatic heterocycles. The van der Waals surface area contributed by atoms with Gasteiger partial charge in [0.15, 0.2) is 0 Å². The largest absolute Gasteiger partial charge is 0.497 e. The van der Waals surface area contributed by atoms with Crippen molar-refractivity contribution in [1.82, 2.24) is 20.0 Å². The Morgan fingerprint density at radius 1 is 1.03 bits per heavy atom. The van der Waals surface area contributed by atoms with E-state index in [1.165, 1.54) is 0 Å². The van der Waals surface area contributed by atoms with Gasteiger partial charge in [-0.1, -0.05) is 0 Å². The van der Waals surface area contributed by atoms with Crippen molar-refractivity contribution in [3.63, 3.8) is 0 Å². The van der Waals surface area contributed by atoms with E-state index < -0.39 is 0 Å². The van der Waals surface area contributed by atoms with Gasteiger partial charge in [-0.05, 0) is 62.1 Å². The van der Waals surface area contributed by atoms with Crippen LogP contribution >= 0.6 is 0 Å². The van der Waals surface area contributed by atoms with Gasteiger partial charge < -0.3 is 29.5 Å². The van der Waals surface area contributed by atoms with Crippen molar-refractivity contribution in [1.29, 1.82) is 0 Å². The zero-order valence-corrected chi connectivity index (χ0v) is 21.4. The summed E-state index contributed by atoms with van der Waals surface area (Å²) in [6.45, 7) is 3.83. The molecule has 9 heteroatoms. The first-order valence-corrected chi connectivity index (χ1v) is 13.3.